The molecule has 0 radical (unpaired) electrons. The van der Waals surface area contributed by atoms with Gasteiger partial charge in [-0.3, -0.25) is 0 Å². The fourth-order valence-electron chi connectivity index (χ4n) is 1.91. The zero-order valence-corrected chi connectivity index (χ0v) is 9.80. The van der Waals surface area contributed by atoms with E-state index in [-0.39, 0.29) is 5.41 Å². The maximum Gasteiger partial charge on any atom is 0.0583 e. The third-order valence-corrected chi connectivity index (χ3v) is 3.28. The molecule has 0 saturated carbocycles. The minimum atomic E-state index is 0.193. The highest BCUT2D eigenvalue weighted by Crippen LogP contribution is 2.30. The van der Waals surface area contributed by atoms with Gasteiger partial charge in [0, 0.05) is 30.1 Å². The molecule has 0 bridgehead atoms. The molecule has 1 saturated heterocycles. The second kappa shape index (κ2) is 4.01. The summed E-state index contributed by atoms with van der Waals surface area (Å²) in [6, 6.07) is 8.48. The summed E-state index contributed by atoms with van der Waals surface area (Å²) in [6.07, 6.45) is 0. The van der Waals surface area contributed by atoms with E-state index in [1.165, 1.54) is 5.56 Å². The van der Waals surface area contributed by atoms with E-state index in [0.717, 1.165) is 24.2 Å². The summed E-state index contributed by atoms with van der Waals surface area (Å²) in [5.41, 5.74) is 1.55. The van der Waals surface area contributed by atoms with E-state index < -0.39 is 0 Å². The van der Waals surface area contributed by atoms with Crippen LogP contribution in [0.3, 0.4) is 0 Å². The number of nitrogens with one attached hydrogen (secondary N) is 1. The lowest BCUT2D eigenvalue weighted by Gasteiger charge is -2.42. The SMILES string of the molecule is COCC1(c2cccc(Br)c2)CNC1. The van der Waals surface area contributed by atoms with Crippen LogP contribution in [0.2, 0.25) is 0 Å². The number of halogens is 1. The molecule has 1 aliphatic heterocycles. The summed E-state index contributed by atoms with van der Waals surface area (Å²) in [5, 5.41) is 3.31. The molecular formula is C11H14BrNO. The molecule has 1 N–H and O–H groups in total. The topological polar surface area (TPSA) is 21.3 Å². The smallest absolute Gasteiger partial charge is 0.0583 e. The van der Waals surface area contributed by atoms with Gasteiger partial charge in [0.2, 0.25) is 0 Å². The van der Waals surface area contributed by atoms with Crippen molar-refractivity contribution >= 4 is 15.9 Å². The van der Waals surface area contributed by atoms with Crippen molar-refractivity contribution in [2.45, 2.75) is 5.41 Å². The molecule has 14 heavy (non-hydrogen) atoms. The first-order chi connectivity index (χ1) is 6.77. The fraction of sp³-hybridized carbons (Fsp3) is 0.455. The Morgan fingerprint density at radius 3 is 2.79 bits per heavy atom. The first-order valence-electron chi connectivity index (χ1n) is 4.73. The van der Waals surface area contributed by atoms with Crippen molar-refractivity contribution in [1.29, 1.82) is 0 Å². The Labute approximate surface area is 92.8 Å². The van der Waals surface area contributed by atoms with Gasteiger partial charge in [-0.1, -0.05) is 28.1 Å². The van der Waals surface area contributed by atoms with E-state index >= 15 is 0 Å². The number of benzene rings is 1. The van der Waals surface area contributed by atoms with Gasteiger partial charge in [0.25, 0.3) is 0 Å². The van der Waals surface area contributed by atoms with E-state index in [2.05, 4.69) is 45.5 Å². The lowest BCUT2D eigenvalue weighted by Crippen LogP contribution is -2.59. The average molecular weight is 256 g/mol. The molecule has 0 unspecified atom stereocenters. The van der Waals surface area contributed by atoms with Crippen LogP contribution in [0.1, 0.15) is 5.56 Å². The van der Waals surface area contributed by atoms with Gasteiger partial charge >= 0.3 is 0 Å². The van der Waals surface area contributed by atoms with Gasteiger partial charge in [-0.15, -0.1) is 0 Å². The fourth-order valence-corrected chi connectivity index (χ4v) is 2.31. The van der Waals surface area contributed by atoms with Gasteiger partial charge in [-0.2, -0.15) is 0 Å². The van der Waals surface area contributed by atoms with Crippen molar-refractivity contribution in [1.82, 2.24) is 5.32 Å². The minimum Gasteiger partial charge on any atom is -0.384 e. The highest BCUT2D eigenvalue weighted by atomic mass is 79.9. The largest absolute Gasteiger partial charge is 0.384 e. The third-order valence-electron chi connectivity index (χ3n) is 2.78. The zero-order valence-electron chi connectivity index (χ0n) is 8.22. The Morgan fingerprint density at radius 1 is 1.50 bits per heavy atom. The molecule has 2 rings (SSSR count). The lowest BCUT2D eigenvalue weighted by atomic mass is 9.76. The van der Waals surface area contributed by atoms with Crippen molar-refractivity contribution in [3.8, 4) is 0 Å². The van der Waals surface area contributed by atoms with Gasteiger partial charge in [-0.25, -0.2) is 0 Å². The first-order valence-corrected chi connectivity index (χ1v) is 5.52. The van der Waals surface area contributed by atoms with Crippen LogP contribution in [0.15, 0.2) is 28.7 Å². The standard InChI is InChI=1S/C11H14BrNO/c1-14-8-11(6-13-7-11)9-3-2-4-10(12)5-9/h2-5,13H,6-8H2,1H3. The summed E-state index contributed by atoms with van der Waals surface area (Å²) in [5.74, 6) is 0. The van der Waals surface area contributed by atoms with Crippen LogP contribution < -0.4 is 5.32 Å². The summed E-state index contributed by atoms with van der Waals surface area (Å²) in [4.78, 5) is 0. The molecule has 3 heteroatoms. The number of rotatable bonds is 3. The summed E-state index contributed by atoms with van der Waals surface area (Å²) in [7, 11) is 1.76. The second-order valence-electron chi connectivity index (χ2n) is 3.83. The number of hydrogen-bond acceptors (Lipinski definition) is 2. The van der Waals surface area contributed by atoms with Gasteiger partial charge in [0.15, 0.2) is 0 Å². The monoisotopic (exact) mass is 255 g/mol. The summed E-state index contributed by atoms with van der Waals surface area (Å²) < 4.78 is 6.42. The van der Waals surface area contributed by atoms with Crippen LogP contribution in [0.5, 0.6) is 0 Å². The Hall–Kier alpha value is -0.380. The molecule has 1 fully saturated rings. The van der Waals surface area contributed by atoms with E-state index in [9.17, 15) is 0 Å². The second-order valence-corrected chi connectivity index (χ2v) is 4.74. The van der Waals surface area contributed by atoms with Crippen LogP contribution in [-0.4, -0.2) is 26.8 Å². The Morgan fingerprint density at radius 2 is 2.29 bits per heavy atom. The maximum atomic E-state index is 5.29. The predicted molar refractivity (Wildman–Crippen MR) is 60.6 cm³/mol. The van der Waals surface area contributed by atoms with Crippen LogP contribution in [0, 0.1) is 0 Å². The minimum absolute atomic E-state index is 0.193. The summed E-state index contributed by atoms with van der Waals surface area (Å²) in [6.45, 7) is 2.81. The third kappa shape index (κ3) is 1.72. The van der Waals surface area contributed by atoms with Crippen LogP contribution in [0.25, 0.3) is 0 Å². The lowest BCUT2D eigenvalue weighted by molar-refractivity contribution is 0.0947. The van der Waals surface area contributed by atoms with Crippen molar-refractivity contribution < 1.29 is 4.74 Å². The quantitative estimate of drug-likeness (QED) is 0.892. The van der Waals surface area contributed by atoms with E-state index in [1.807, 2.05) is 0 Å². The van der Waals surface area contributed by atoms with Crippen molar-refractivity contribution in [2.75, 3.05) is 26.8 Å². The molecule has 0 atom stereocenters. The molecule has 76 valence electrons. The highest BCUT2D eigenvalue weighted by Gasteiger charge is 2.38. The van der Waals surface area contributed by atoms with Crippen molar-refractivity contribution in [3.63, 3.8) is 0 Å². The van der Waals surface area contributed by atoms with E-state index in [1.54, 1.807) is 7.11 Å². The molecule has 0 spiro atoms. The molecule has 1 aromatic rings. The molecular weight excluding hydrogens is 242 g/mol. The number of hydrogen-bond donors (Lipinski definition) is 1. The van der Waals surface area contributed by atoms with Gasteiger partial charge in [0.1, 0.15) is 0 Å². The number of methoxy groups -OCH3 is 1. The van der Waals surface area contributed by atoms with E-state index in [0.29, 0.717) is 0 Å². The molecule has 0 aliphatic carbocycles. The van der Waals surface area contributed by atoms with Gasteiger partial charge in [0.05, 0.1) is 6.61 Å². The number of ether oxygens (including phenoxy) is 1. The molecule has 2 nitrogen and oxygen atoms in total. The van der Waals surface area contributed by atoms with Crippen LogP contribution >= 0.6 is 15.9 Å². The Bertz CT molecular complexity index is 323. The molecule has 1 aromatic carbocycles. The molecule has 1 aliphatic rings. The summed E-state index contributed by atoms with van der Waals surface area (Å²) >= 11 is 3.50. The van der Waals surface area contributed by atoms with E-state index in [4.69, 9.17) is 4.74 Å². The van der Waals surface area contributed by atoms with Crippen LogP contribution in [-0.2, 0) is 10.2 Å². The Balaban J connectivity index is 2.27. The maximum absolute atomic E-state index is 5.29. The first kappa shape index (κ1) is 10.1. The molecule has 0 aromatic heterocycles. The zero-order chi connectivity index (χ0) is 10.0. The van der Waals surface area contributed by atoms with Gasteiger partial charge < -0.3 is 10.1 Å². The average Bonchev–Trinajstić information content (AvgIpc) is 2.11. The van der Waals surface area contributed by atoms with Crippen LogP contribution in [0.4, 0.5) is 0 Å². The Kier molecular flexibility index (Phi) is 2.91. The predicted octanol–water partition coefficient (Wildman–Crippen LogP) is 1.94. The molecule has 1 heterocycles. The van der Waals surface area contributed by atoms with Crippen molar-refractivity contribution in [3.05, 3.63) is 34.3 Å². The van der Waals surface area contributed by atoms with Gasteiger partial charge in [-0.05, 0) is 17.7 Å². The molecule has 0 amide bonds. The normalized spacial score (nSPS) is 19.0. The highest BCUT2D eigenvalue weighted by molar-refractivity contribution is 9.10. The van der Waals surface area contributed by atoms with Crippen molar-refractivity contribution in [2.24, 2.45) is 0 Å².